The molecule has 0 spiro atoms. The number of aliphatic hydroxyl groups excluding tert-OH is 1. The number of hydrogen-bond acceptors (Lipinski definition) is 5. The van der Waals surface area contributed by atoms with Crippen LogP contribution in [0.25, 0.3) is 0 Å². The third kappa shape index (κ3) is 3.30. The van der Waals surface area contributed by atoms with Crippen molar-refractivity contribution < 1.29 is 19.2 Å². The lowest BCUT2D eigenvalue weighted by Gasteiger charge is -2.22. The van der Waals surface area contributed by atoms with Crippen LogP contribution in [0.1, 0.15) is 11.5 Å². The fourth-order valence-electron chi connectivity index (χ4n) is 1.98. The highest BCUT2D eigenvalue weighted by molar-refractivity contribution is 5.78. The predicted octanol–water partition coefficient (Wildman–Crippen LogP) is -0.00718. The summed E-state index contributed by atoms with van der Waals surface area (Å²) in [5.41, 5.74) is 0.769. The van der Waals surface area contributed by atoms with Crippen molar-refractivity contribution in [2.24, 2.45) is 5.92 Å². The van der Waals surface area contributed by atoms with Gasteiger partial charge < -0.3 is 19.3 Å². The number of aliphatic hydroxyl groups is 1. The topological polar surface area (TPSA) is 75.8 Å². The van der Waals surface area contributed by atoms with Gasteiger partial charge in [0.1, 0.15) is 5.76 Å². The zero-order valence-corrected chi connectivity index (χ0v) is 10.5. The summed E-state index contributed by atoms with van der Waals surface area (Å²) in [4.78, 5) is 13.8. The molecule has 1 unspecified atom stereocenters. The Morgan fingerprint density at radius 1 is 1.67 bits per heavy atom. The minimum Gasteiger partial charge on any atom is -0.396 e. The van der Waals surface area contributed by atoms with Gasteiger partial charge in [-0.3, -0.25) is 4.79 Å². The van der Waals surface area contributed by atoms with Crippen molar-refractivity contribution in [1.82, 2.24) is 10.1 Å². The van der Waals surface area contributed by atoms with E-state index < -0.39 is 0 Å². The second kappa shape index (κ2) is 5.97. The van der Waals surface area contributed by atoms with Gasteiger partial charge in [0.2, 0.25) is 5.91 Å². The molecule has 1 aromatic heterocycles. The third-order valence-electron chi connectivity index (χ3n) is 2.95. The number of hydrogen-bond donors (Lipinski definition) is 1. The van der Waals surface area contributed by atoms with Gasteiger partial charge in [-0.2, -0.15) is 0 Å². The van der Waals surface area contributed by atoms with Gasteiger partial charge in [-0.05, 0) is 6.92 Å². The lowest BCUT2D eigenvalue weighted by molar-refractivity contribution is -0.131. The molecule has 1 aliphatic heterocycles. The Morgan fingerprint density at radius 3 is 3.17 bits per heavy atom. The Hall–Kier alpha value is -1.40. The molecule has 1 atom stereocenters. The summed E-state index contributed by atoms with van der Waals surface area (Å²) in [6.07, 6.45) is 0.207. The minimum atomic E-state index is -0.0184. The Bertz CT molecular complexity index is 405. The Labute approximate surface area is 106 Å². The molecule has 2 rings (SSSR count). The van der Waals surface area contributed by atoms with Gasteiger partial charge in [0.25, 0.3) is 0 Å². The van der Waals surface area contributed by atoms with Crippen molar-refractivity contribution in [2.45, 2.75) is 13.3 Å². The molecule has 0 aliphatic carbocycles. The molecule has 6 nitrogen and oxygen atoms in total. The molecule has 18 heavy (non-hydrogen) atoms. The average Bonchev–Trinajstić information content (AvgIpc) is 2.65. The number of aromatic nitrogens is 1. The number of nitrogens with zero attached hydrogens (tertiary/aromatic N) is 2. The van der Waals surface area contributed by atoms with Crippen LogP contribution in [-0.4, -0.2) is 54.0 Å². The van der Waals surface area contributed by atoms with E-state index in [0.717, 1.165) is 5.69 Å². The first kappa shape index (κ1) is 13.0. The van der Waals surface area contributed by atoms with Crippen LogP contribution in [0, 0.1) is 12.8 Å². The van der Waals surface area contributed by atoms with Gasteiger partial charge in [-0.25, -0.2) is 0 Å². The highest BCUT2D eigenvalue weighted by atomic mass is 16.5. The normalized spacial score (nSPS) is 20.8. The molecular formula is C12H18N2O4. The van der Waals surface area contributed by atoms with Crippen molar-refractivity contribution in [3.05, 3.63) is 17.5 Å². The van der Waals surface area contributed by atoms with E-state index in [-0.39, 0.29) is 24.9 Å². The van der Waals surface area contributed by atoms with Crippen LogP contribution in [-0.2, 0) is 16.0 Å². The molecule has 1 aliphatic rings. The molecular weight excluding hydrogens is 236 g/mol. The number of carbonyl (C=O) groups excluding carboxylic acids is 1. The van der Waals surface area contributed by atoms with E-state index in [0.29, 0.717) is 32.1 Å². The van der Waals surface area contributed by atoms with E-state index in [2.05, 4.69) is 5.16 Å². The lowest BCUT2D eigenvalue weighted by atomic mass is 10.1. The summed E-state index contributed by atoms with van der Waals surface area (Å²) in [5, 5.41) is 12.9. The molecule has 6 heteroatoms. The zero-order chi connectivity index (χ0) is 13.0. The van der Waals surface area contributed by atoms with Crippen molar-refractivity contribution in [2.75, 3.05) is 32.9 Å². The highest BCUT2D eigenvalue weighted by Gasteiger charge is 2.22. The van der Waals surface area contributed by atoms with E-state index in [1.165, 1.54) is 0 Å². The molecule has 1 aromatic rings. The van der Waals surface area contributed by atoms with E-state index in [9.17, 15) is 4.79 Å². The van der Waals surface area contributed by atoms with E-state index in [4.69, 9.17) is 14.4 Å². The fourth-order valence-corrected chi connectivity index (χ4v) is 1.98. The molecule has 0 bridgehead atoms. The lowest BCUT2D eigenvalue weighted by Crippen LogP contribution is -2.37. The van der Waals surface area contributed by atoms with E-state index in [1.54, 1.807) is 11.0 Å². The second-order valence-electron chi connectivity index (χ2n) is 4.57. The molecule has 1 amide bonds. The van der Waals surface area contributed by atoms with Crippen molar-refractivity contribution >= 4 is 5.91 Å². The third-order valence-corrected chi connectivity index (χ3v) is 2.95. The van der Waals surface area contributed by atoms with Gasteiger partial charge >= 0.3 is 0 Å². The van der Waals surface area contributed by atoms with Gasteiger partial charge in [-0.15, -0.1) is 0 Å². The van der Waals surface area contributed by atoms with Crippen LogP contribution in [0.4, 0.5) is 0 Å². The van der Waals surface area contributed by atoms with Crippen LogP contribution in [0.3, 0.4) is 0 Å². The molecule has 1 N–H and O–H groups in total. The number of amides is 1. The Balaban J connectivity index is 1.94. The van der Waals surface area contributed by atoms with E-state index in [1.807, 2.05) is 6.92 Å². The Kier molecular flexibility index (Phi) is 4.33. The molecule has 0 saturated carbocycles. The average molecular weight is 254 g/mol. The monoisotopic (exact) mass is 254 g/mol. The summed E-state index contributed by atoms with van der Waals surface area (Å²) < 4.78 is 10.4. The standard InChI is InChI=1S/C12H18N2O4/c1-9-4-11(18-13-9)5-12(16)14-2-3-17-8-10(6-14)7-15/h4,10,15H,2-3,5-8H2,1H3. The molecule has 100 valence electrons. The van der Waals surface area contributed by atoms with E-state index >= 15 is 0 Å². The summed E-state index contributed by atoms with van der Waals surface area (Å²) in [6.45, 7) is 3.95. The maximum atomic E-state index is 12.1. The number of ether oxygens (including phenoxy) is 1. The van der Waals surface area contributed by atoms with Crippen LogP contribution < -0.4 is 0 Å². The highest BCUT2D eigenvalue weighted by Crippen LogP contribution is 2.10. The number of aryl methyl sites for hydroxylation is 1. The van der Waals surface area contributed by atoms with Gasteiger partial charge in [0.05, 0.1) is 25.3 Å². The molecule has 2 heterocycles. The van der Waals surface area contributed by atoms with Crippen LogP contribution in [0.15, 0.2) is 10.6 Å². The maximum Gasteiger partial charge on any atom is 0.230 e. The van der Waals surface area contributed by atoms with Crippen LogP contribution in [0.2, 0.25) is 0 Å². The maximum absolute atomic E-state index is 12.1. The first-order valence-corrected chi connectivity index (χ1v) is 6.07. The van der Waals surface area contributed by atoms with Gasteiger partial charge in [0, 0.05) is 31.7 Å². The minimum absolute atomic E-state index is 0.00656. The number of carbonyl (C=O) groups is 1. The Morgan fingerprint density at radius 2 is 2.50 bits per heavy atom. The van der Waals surface area contributed by atoms with Gasteiger partial charge in [0.15, 0.2) is 0 Å². The quantitative estimate of drug-likeness (QED) is 0.821. The molecule has 0 radical (unpaired) electrons. The molecule has 0 aromatic carbocycles. The summed E-state index contributed by atoms with van der Waals surface area (Å²) in [5.74, 6) is 0.547. The van der Waals surface area contributed by atoms with Crippen molar-refractivity contribution in [3.63, 3.8) is 0 Å². The first-order chi connectivity index (χ1) is 8.69. The van der Waals surface area contributed by atoms with Gasteiger partial charge in [-0.1, -0.05) is 5.16 Å². The van der Waals surface area contributed by atoms with Crippen LogP contribution >= 0.6 is 0 Å². The van der Waals surface area contributed by atoms with Crippen molar-refractivity contribution in [1.29, 1.82) is 0 Å². The van der Waals surface area contributed by atoms with Crippen LogP contribution in [0.5, 0.6) is 0 Å². The fraction of sp³-hybridized carbons (Fsp3) is 0.667. The zero-order valence-electron chi connectivity index (χ0n) is 10.5. The summed E-state index contributed by atoms with van der Waals surface area (Å²) in [7, 11) is 0. The molecule has 1 saturated heterocycles. The van der Waals surface area contributed by atoms with Crippen molar-refractivity contribution in [3.8, 4) is 0 Å². The first-order valence-electron chi connectivity index (χ1n) is 6.07. The predicted molar refractivity (Wildman–Crippen MR) is 62.9 cm³/mol. The second-order valence-corrected chi connectivity index (χ2v) is 4.57. The number of rotatable bonds is 3. The molecule has 1 fully saturated rings. The largest absolute Gasteiger partial charge is 0.396 e. The SMILES string of the molecule is Cc1cc(CC(=O)N2CCOCC(CO)C2)on1. The summed E-state index contributed by atoms with van der Waals surface area (Å²) in [6, 6.07) is 1.76. The summed E-state index contributed by atoms with van der Waals surface area (Å²) >= 11 is 0. The smallest absolute Gasteiger partial charge is 0.230 e.